The van der Waals surface area contributed by atoms with Gasteiger partial charge in [-0.25, -0.2) is 0 Å². The average molecular weight is 474 g/mol. The molecule has 0 aromatic heterocycles. The van der Waals surface area contributed by atoms with E-state index >= 15 is 0 Å². The number of hydrazone groups is 1. The van der Waals surface area contributed by atoms with Crippen molar-refractivity contribution < 1.29 is 27.4 Å². The van der Waals surface area contributed by atoms with Gasteiger partial charge in [0.05, 0.1) is 5.57 Å². The summed E-state index contributed by atoms with van der Waals surface area (Å²) in [6, 6.07) is 14.4. The second-order valence-electron chi connectivity index (χ2n) is 7.01. The van der Waals surface area contributed by atoms with Gasteiger partial charge in [0, 0.05) is 0 Å². The first-order valence-electron chi connectivity index (χ1n) is 9.70. The van der Waals surface area contributed by atoms with E-state index < -0.39 is 23.0 Å². The second-order valence-corrected chi connectivity index (χ2v) is 7.96. The molecule has 11 heteroatoms. The van der Waals surface area contributed by atoms with Gasteiger partial charge in [-0.2, -0.15) is 28.3 Å². The molecule has 170 valence electrons. The molecule has 0 bridgehead atoms. The lowest BCUT2D eigenvalue weighted by Crippen LogP contribution is -2.35. The summed E-state index contributed by atoms with van der Waals surface area (Å²) in [5, 5.41) is 10.8. The van der Waals surface area contributed by atoms with Crippen molar-refractivity contribution in [2.24, 2.45) is 10.1 Å². The van der Waals surface area contributed by atoms with Crippen molar-refractivity contribution >= 4 is 39.8 Å². The molecule has 2 heterocycles. The molecular weight excluding hydrogens is 457 g/mol. The predicted molar refractivity (Wildman–Crippen MR) is 120 cm³/mol. The highest BCUT2D eigenvalue weighted by Gasteiger charge is 2.46. The molecule has 0 saturated heterocycles. The van der Waals surface area contributed by atoms with Crippen LogP contribution < -0.4 is 9.47 Å². The number of carbonyl (C=O) groups excluding carboxylic acids is 1. The van der Waals surface area contributed by atoms with Crippen LogP contribution >= 0.6 is 11.8 Å². The lowest BCUT2D eigenvalue weighted by atomic mass is 10.1. The van der Waals surface area contributed by atoms with E-state index in [1.54, 1.807) is 24.3 Å². The Kier molecular flexibility index (Phi) is 6.23. The summed E-state index contributed by atoms with van der Waals surface area (Å²) >= 11 is 0.210. The number of halogens is 3. The molecule has 0 saturated carbocycles. The van der Waals surface area contributed by atoms with Gasteiger partial charge in [0.2, 0.25) is 10.2 Å². The number of ether oxygens (including phenoxy) is 2. The molecule has 0 unspecified atom stereocenters. The highest BCUT2D eigenvalue weighted by molar-refractivity contribution is 8.27. The van der Waals surface area contributed by atoms with E-state index in [1.165, 1.54) is 6.08 Å². The number of amidine groups is 2. The third kappa shape index (κ3) is 5.25. The average Bonchev–Trinajstić information content (AvgIpc) is 3.19. The Morgan fingerprint density at radius 1 is 1.09 bits per heavy atom. The van der Waals surface area contributed by atoms with Gasteiger partial charge in [0.25, 0.3) is 5.91 Å². The van der Waals surface area contributed by atoms with E-state index in [0.29, 0.717) is 22.9 Å². The van der Waals surface area contributed by atoms with Gasteiger partial charge in [0.1, 0.15) is 24.7 Å². The molecule has 0 aliphatic carbocycles. The van der Waals surface area contributed by atoms with Crippen LogP contribution in [-0.4, -0.2) is 46.4 Å². The maximum absolute atomic E-state index is 12.9. The second kappa shape index (κ2) is 9.10. The SMILES string of the molecule is Cc1cccc(OCCOc2cccc(/C=C3/C(=N)N4N=C(C(F)(F)F)SC4=NC3=O)c2)c1. The molecule has 1 N–H and O–H groups in total. The van der Waals surface area contributed by atoms with Crippen molar-refractivity contribution in [2.45, 2.75) is 13.1 Å². The quantitative estimate of drug-likeness (QED) is 0.487. The van der Waals surface area contributed by atoms with Crippen LogP contribution in [-0.2, 0) is 4.79 Å². The molecule has 1 amide bonds. The molecule has 7 nitrogen and oxygen atoms in total. The predicted octanol–water partition coefficient (Wildman–Crippen LogP) is 4.63. The van der Waals surface area contributed by atoms with Crippen LogP contribution in [0.4, 0.5) is 13.2 Å². The molecule has 2 aliphatic heterocycles. The minimum absolute atomic E-state index is 0.175. The molecule has 0 fully saturated rings. The van der Waals surface area contributed by atoms with Gasteiger partial charge >= 0.3 is 6.18 Å². The highest BCUT2D eigenvalue weighted by Crippen LogP contribution is 2.35. The first-order chi connectivity index (χ1) is 15.7. The van der Waals surface area contributed by atoms with Gasteiger partial charge in [-0.15, -0.1) is 0 Å². The van der Waals surface area contributed by atoms with Crippen LogP contribution in [0.1, 0.15) is 11.1 Å². The summed E-state index contributed by atoms with van der Waals surface area (Å²) in [5.41, 5.74) is 1.43. The summed E-state index contributed by atoms with van der Waals surface area (Å²) in [4.78, 5) is 16.0. The van der Waals surface area contributed by atoms with E-state index in [0.717, 1.165) is 11.3 Å². The molecule has 0 spiro atoms. The zero-order valence-electron chi connectivity index (χ0n) is 17.2. The Balaban J connectivity index is 1.43. The summed E-state index contributed by atoms with van der Waals surface area (Å²) in [6.45, 7) is 2.56. The number of amides is 1. The number of hydrogen-bond donors (Lipinski definition) is 1. The van der Waals surface area contributed by atoms with Gasteiger partial charge in [-0.05, 0) is 60.2 Å². The normalized spacial score (nSPS) is 17.1. The standard InChI is InChI=1S/C22H17F3N4O3S/c1-13-4-2-6-15(10-13)31-8-9-32-16-7-3-5-14(11-16)12-17-18(26)29-21(27-19(17)30)33-20(28-29)22(23,24)25/h2-7,10-12,26H,8-9H2,1H3/b17-12-,26-18?. The number of carbonyl (C=O) groups is 1. The van der Waals surface area contributed by atoms with Gasteiger partial charge < -0.3 is 9.47 Å². The van der Waals surface area contributed by atoms with Crippen molar-refractivity contribution in [3.63, 3.8) is 0 Å². The number of benzene rings is 2. The molecule has 2 aromatic carbocycles. The van der Waals surface area contributed by atoms with Crippen molar-refractivity contribution in [3.05, 3.63) is 65.2 Å². The van der Waals surface area contributed by atoms with Crippen LogP contribution in [0, 0.1) is 12.3 Å². The zero-order chi connectivity index (χ0) is 23.6. The number of alkyl halides is 3. The third-order valence-corrected chi connectivity index (χ3v) is 5.43. The van der Waals surface area contributed by atoms with E-state index in [2.05, 4.69) is 10.1 Å². The number of aryl methyl sites for hydroxylation is 1. The monoisotopic (exact) mass is 474 g/mol. The van der Waals surface area contributed by atoms with Gasteiger partial charge in [-0.1, -0.05) is 24.3 Å². The minimum atomic E-state index is -4.69. The lowest BCUT2D eigenvalue weighted by Gasteiger charge is -2.20. The number of fused-ring (bicyclic) bond motifs is 1. The Hall–Kier alpha value is -3.60. The van der Waals surface area contributed by atoms with Gasteiger partial charge in [0.15, 0.2) is 5.84 Å². The zero-order valence-corrected chi connectivity index (χ0v) is 18.0. The Morgan fingerprint density at radius 2 is 1.76 bits per heavy atom. The first kappa shape index (κ1) is 22.6. The van der Waals surface area contributed by atoms with E-state index in [1.807, 2.05) is 31.2 Å². The van der Waals surface area contributed by atoms with Gasteiger partial charge in [-0.3, -0.25) is 10.2 Å². The maximum atomic E-state index is 12.9. The van der Waals surface area contributed by atoms with Crippen LogP contribution in [0.15, 0.2) is 64.2 Å². The summed E-state index contributed by atoms with van der Waals surface area (Å²) in [5.74, 6) is -0.0436. The van der Waals surface area contributed by atoms with Crippen molar-refractivity contribution in [1.82, 2.24) is 5.01 Å². The maximum Gasteiger partial charge on any atom is 0.441 e. The number of nitrogens with one attached hydrogen (secondary N) is 1. The number of thioether (sulfide) groups is 1. The van der Waals surface area contributed by atoms with Crippen LogP contribution in [0.2, 0.25) is 0 Å². The molecular formula is C22H17F3N4O3S. The summed E-state index contributed by atoms with van der Waals surface area (Å²) in [6.07, 6.45) is -3.32. The fourth-order valence-corrected chi connectivity index (χ4v) is 3.75. The number of rotatable bonds is 6. The molecule has 33 heavy (non-hydrogen) atoms. The Bertz CT molecular complexity index is 1210. The molecule has 2 aromatic rings. The smallest absolute Gasteiger partial charge is 0.441 e. The Morgan fingerprint density at radius 3 is 2.42 bits per heavy atom. The first-order valence-corrected chi connectivity index (χ1v) is 10.5. The number of hydrogen-bond acceptors (Lipinski definition) is 6. The number of nitrogens with zero attached hydrogens (tertiary/aromatic N) is 3. The molecule has 4 rings (SSSR count). The molecule has 2 aliphatic rings. The topological polar surface area (TPSA) is 87.3 Å². The van der Waals surface area contributed by atoms with Crippen molar-refractivity contribution in [3.8, 4) is 11.5 Å². The highest BCUT2D eigenvalue weighted by atomic mass is 32.2. The van der Waals surface area contributed by atoms with Crippen LogP contribution in [0.5, 0.6) is 11.5 Å². The third-order valence-electron chi connectivity index (χ3n) is 4.48. The largest absolute Gasteiger partial charge is 0.490 e. The van der Waals surface area contributed by atoms with E-state index in [9.17, 15) is 18.0 Å². The minimum Gasteiger partial charge on any atom is -0.490 e. The fraction of sp³-hybridized carbons (Fsp3) is 0.182. The van der Waals surface area contributed by atoms with E-state index in [-0.39, 0.29) is 29.1 Å². The molecule has 0 radical (unpaired) electrons. The summed E-state index contributed by atoms with van der Waals surface area (Å²) < 4.78 is 50.1. The fourth-order valence-electron chi connectivity index (χ4n) is 2.99. The van der Waals surface area contributed by atoms with Crippen molar-refractivity contribution in [1.29, 1.82) is 5.41 Å². The summed E-state index contributed by atoms with van der Waals surface area (Å²) in [7, 11) is 0. The van der Waals surface area contributed by atoms with E-state index in [4.69, 9.17) is 14.9 Å². The lowest BCUT2D eigenvalue weighted by molar-refractivity contribution is -0.114. The van der Waals surface area contributed by atoms with Crippen LogP contribution in [0.25, 0.3) is 6.08 Å². The Labute approximate surface area is 191 Å². The molecule has 0 atom stereocenters. The van der Waals surface area contributed by atoms with Crippen LogP contribution in [0.3, 0.4) is 0 Å². The number of aliphatic imine (C=N–C) groups is 1. The van der Waals surface area contributed by atoms with Crippen molar-refractivity contribution in [2.75, 3.05) is 13.2 Å².